The van der Waals surface area contributed by atoms with Crippen LogP contribution in [-0.4, -0.2) is 54.6 Å². The van der Waals surface area contributed by atoms with E-state index in [0.29, 0.717) is 6.04 Å². The number of nitrogens with one attached hydrogen (secondary N) is 2. The predicted molar refractivity (Wildman–Crippen MR) is 124 cm³/mol. The molecule has 2 rings (SSSR count). The van der Waals surface area contributed by atoms with Gasteiger partial charge in [0, 0.05) is 30.4 Å². The third-order valence-electron chi connectivity index (χ3n) is 5.00. The van der Waals surface area contributed by atoms with Crippen molar-refractivity contribution in [3.05, 3.63) is 15.6 Å². The lowest BCUT2D eigenvalue weighted by Crippen LogP contribution is -2.43. The van der Waals surface area contributed by atoms with E-state index in [1.54, 1.807) is 11.3 Å². The molecule has 1 aliphatic heterocycles. The van der Waals surface area contributed by atoms with Crippen molar-refractivity contribution in [2.24, 2.45) is 10.9 Å². The number of aryl methyl sites for hydroxylation is 2. The Hall–Kier alpha value is -0.410. The highest BCUT2D eigenvalue weighted by Gasteiger charge is 2.20. The van der Waals surface area contributed by atoms with E-state index in [4.69, 9.17) is 4.99 Å². The quantitative estimate of drug-likeness (QED) is 0.346. The van der Waals surface area contributed by atoms with Gasteiger partial charge in [0.1, 0.15) is 0 Å². The Kier molecular flexibility index (Phi) is 11.0. The van der Waals surface area contributed by atoms with Crippen LogP contribution in [0.2, 0.25) is 0 Å². The second-order valence-corrected chi connectivity index (χ2v) is 8.50. The van der Waals surface area contributed by atoms with E-state index in [1.165, 1.54) is 35.8 Å². The molecule has 0 amide bonds. The van der Waals surface area contributed by atoms with Gasteiger partial charge in [-0.3, -0.25) is 9.89 Å². The molecule has 2 N–H and O–H groups in total. The summed E-state index contributed by atoms with van der Waals surface area (Å²) >= 11 is 1.80. The average Bonchev–Trinajstić information content (AvgIpc) is 2.91. The molecule has 2 heterocycles. The summed E-state index contributed by atoms with van der Waals surface area (Å²) in [6.07, 6.45) is 3.58. The highest BCUT2D eigenvalue weighted by atomic mass is 127. The number of nitrogens with zero attached hydrogens (tertiary/aromatic N) is 3. The van der Waals surface area contributed by atoms with Gasteiger partial charge >= 0.3 is 0 Å². The van der Waals surface area contributed by atoms with E-state index in [1.807, 2.05) is 0 Å². The van der Waals surface area contributed by atoms with Gasteiger partial charge in [0.05, 0.1) is 17.2 Å². The number of piperidine rings is 1. The number of thiazole rings is 1. The molecule has 1 unspecified atom stereocenters. The lowest BCUT2D eigenvalue weighted by atomic mass is 9.98. The van der Waals surface area contributed by atoms with Crippen LogP contribution in [-0.2, 0) is 6.42 Å². The van der Waals surface area contributed by atoms with Crippen molar-refractivity contribution in [1.82, 2.24) is 20.5 Å². The van der Waals surface area contributed by atoms with Crippen molar-refractivity contribution in [1.29, 1.82) is 0 Å². The van der Waals surface area contributed by atoms with E-state index in [2.05, 4.69) is 55.1 Å². The molecule has 1 aromatic rings. The molecule has 1 fully saturated rings. The van der Waals surface area contributed by atoms with Crippen molar-refractivity contribution >= 4 is 41.3 Å². The van der Waals surface area contributed by atoms with Gasteiger partial charge < -0.3 is 10.6 Å². The van der Waals surface area contributed by atoms with Gasteiger partial charge in [-0.1, -0.05) is 6.92 Å². The topological polar surface area (TPSA) is 52.6 Å². The van der Waals surface area contributed by atoms with Gasteiger partial charge in [0.15, 0.2) is 5.96 Å². The normalized spacial score (nSPS) is 17.7. The first-order chi connectivity index (χ1) is 12.0. The summed E-state index contributed by atoms with van der Waals surface area (Å²) in [4.78, 5) is 13.3. The fourth-order valence-corrected chi connectivity index (χ4v) is 4.02. The first-order valence-corrected chi connectivity index (χ1v) is 10.5. The van der Waals surface area contributed by atoms with Crippen molar-refractivity contribution < 1.29 is 0 Å². The lowest BCUT2D eigenvalue weighted by molar-refractivity contribution is 0.150. The second-order valence-electron chi connectivity index (χ2n) is 7.21. The summed E-state index contributed by atoms with van der Waals surface area (Å²) in [5.41, 5.74) is 1.16. The minimum atomic E-state index is 0. The minimum Gasteiger partial charge on any atom is -0.357 e. The Balaban J connectivity index is 0.00000338. The molecule has 0 bridgehead atoms. The number of hydrogen-bond donors (Lipinski definition) is 2. The van der Waals surface area contributed by atoms with E-state index >= 15 is 0 Å². The molecule has 1 atom stereocenters. The van der Waals surface area contributed by atoms with E-state index in [-0.39, 0.29) is 24.0 Å². The van der Waals surface area contributed by atoms with Gasteiger partial charge in [0.2, 0.25) is 0 Å². The molecule has 0 aromatic carbocycles. The zero-order valence-electron chi connectivity index (χ0n) is 17.0. The van der Waals surface area contributed by atoms with Crippen LogP contribution >= 0.6 is 35.3 Å². The third kappa shape index (κ3) is 7.68. The van der Waals surface area contributed by atoms with Crippen molar-refractivity contribution in [2.45, 2.75) is 59.9 Å². The number of likely N-dealkylation sites (tertiary alicyclic amines) is 1. The maximum Gasteiger partial charge on any atom is 0.191 e. The van der Waals surface area contributed by atoms with Crippen LogP contribution in [0.3, 0.4) is 0 Å². The van der Waals surface area contributed by atoms with Gasteiger partial charge in [0.25, 0.3) is 0 Å². The molecule has 7 heteroatoms. The number of halogens is 1. The largest absolute Gasteiger partial charge is 0.357 e. The number of aliphatic imine (C=N–C) groups is 1. The monoisotopic (exact) mass is 493 g/mol. The molecule has 0 spiro atoms. The fourth-order valence-electron chi connectivity index (χ4n) is 3.08. The predicted octanol–water partition coefficient (Wildman–Crippen LogP) is 3.60. The molecular weight excluding hydrogens is 457 g/mol. The van der Waals surface area contributed by atoms with Crippen LogP contribution in [0.15, 0.2) is 4.99 Å². The number of hydrogen-bond acceptors (Lipinski definition) is 4. The molecule has 1 aromatic heterocycles. The van der Waals surface area contributed by atoms with Gasteiger partial charge in [-0.05, 0) is 59.5 Å². The van der Waals surface area contributed by atoms with Gasteiger partial charge in [-0.15, -0.1) is 35.3 Å². The summed E-state index contributed by atoms with van der Waals surface area (Å²) in [6, 6.07) is 0.507. The standard InChI is InChI=1S/C19H35N5S.HI/c1-6-20-19(21-10-7-18-23-16(4)17(5)25-18)22-13-15(3)24-11-8-14(2)9-12-24;/h14-15H,6-13H2,1-5H3,(H2,20,21,22);1H. The molecule has 0 radical (unpaired) electrons. The van der Waals surface area contributed by atoms with Crippen LogP contribution in [0, 0.1) is 19.8 Å². The Morgan fingerprint density at radius 1 is 1.31 bits per heavy atom. The van der Waals surface area contributed by atoms with E-state index in [0.717, 1.165) is 43.6 Å². The summed E-state index contributed by atoms with van der Waals surface area (Å²) in [5, 5.41) is 8.01. The smallest absolute Gasteiger partial charge is 0.191 e. The molecule has 5 nitrogen and oxygen atoms in total. The summed E-state index contributed by atoms with van der Waals surface area (Å²) in [5.74, 6) is 1.80. The average molecular weight is 494 g/mol. The maximum atomic E-state index is 4.80. The van der Waals surface area contributed by atoms with Crippen LogP contribution < -0.4 is 10.6 Å². The fraction of sp³-hybridized carbons (Fsp3) is 0.789. The van der Waals surface area contributed by atoms with E-state index in [9.17, 15) is 0 Å². The molecule has 26 heavy (non-hydrogen) atoms. The molecular formula is C19H36IN5S. The molecule has 1 aliphatic rings. The van der Waals surface area contributed by atoms with E-state index < -0.39 is 0 Å². The van der Waals surface area contributed by atoms with Crippen LogP contribution in [0.25, 0.3) is 0 Å². The lowest BCUT2D eigenvalue weighted by Gasteiger charge is -2.34. The molecule has 150 valence electrons. The van der Waals surface area contributed by atoms with Crippen molar-refractivity contribution in [3.63, 3.8) is 0 Å². The minimum absolute atomic E-state index is 0. The van der Waals surface area contributed by atoms with Crippen molar-refractivity contribution in [2.75, 3.05) is 32.7 Å². The summed E-state index contributed by atoms with van der Waals surface area (Å²) < 4.78 is 0. The first kappa shape index (κ1) is 23.6. The number of aromatic nitrogens is 1. The number of guanidine groups is 1. The Morgan fingerprint density at radius 2 is 2.00 bits per heavy atom. The highest BCUT2D eigenvalue weighted by molar-refractivity contribution is 14.0. The Labute approximate surface area is 180 Å². The second kappa shape index (κ2) is 12.1. The summed E-state index contributed by atoms with van der Waals surface area (Å²) in [6.45, 7) is 16.0. The molecule has 1 saturated heterocycles. The molecule has 0 aliphatic carbocycles. The SMILES string of the molecule is CCNC(=NCC(C)N1CCC(C)CC1)NCCc1nc(C)c(C)s1.I. The third-order valence-corrected chi connectivity index (χ3v) is 6.14. The zero-order valence-corrected chi connectivity index (χ0v) is 20.1. The summed E-state index contributed by atoms with van der Waals surface area (Å²) in [7, 11) is 0. The highest BCUT2D eigenvalue weighted by Crippen LogP contribution is 2.18. The maximum absolute atomic E-state index is 4.80. The van der Waals surface area contributed by atoms with Crippen LogP contribution in [0.4, 0.5) is 0 Å². The first-order valence-electron chi connectivity index (χ1n) is 9.68. The molecule has 0 saturated carbocycles. The van der Waals surface area contributed by atoms with Gasteiger partial charge in [-0.25, -0.2) is 4.98 Å². The Morgan fingerprint density at radius 3 is 2.58 bits per heavy atom. The Bertz CT molecular complexity index is 533. The number of rotatable bonds is 7. The zero-order chi connectivity index (χ0) is 18.2. The van der Waals surface area contributed by atoms with Crippen LogP contribution in [0.5, 0.6) is 0 Å². The van der Waals surface area contributed by atoms with Crippen molar-refractivity contribution in [3.8, 4) is 0 Å². The van der Waals surface area contributed by atoms with Gasteiger partial charge in [-0.2, -0.15) is 0 Å². The van der Waals surface area contributed by atoms with Crippen LogP contribution in [0.1, 0.15) is 49.2 Å².